The number of guanidine groups is 1. The van der Waals surface area contributed by atoms with Gasteiger partial charge in [-0.05, 0) is 51.6 Å². The Balaban J connectivity index is 0.00000341. The lowest BCUT2D eigenvalue weighted by atomic mass is 9.90. The van der Waals surface area contributed by atoms with Gasteiger partial charge in [-0.2, -0.15) is 0 Å². The molecule has 0 amide bonds. The number of nitrogens with zero attached hydrogens (tertiary/aromatic N) is 1. The quantitative estimate of drug-likeness (QED) is 0.287. The number of sulfonamides is 1. The highest BCUT2D eigenvalue weighted by Crippen LogP contribution is 2.39. The van der Waals surface area contributed by atoms with Crippen LogP contribution in [0.25, 0.3) is 0 Å². The first kappa shape index (κ1) is 25.4. The third-order valence-corrected chi connectivity index (χ3v) is 6.34. The summed E-state index contributed by atoms with van der Waals surface area (Å²) in [5.41, 5.74) is 1.62. The first-order valence-electron chi connectivity index (χ1n) is 10.1. The fourth-order valence-corrected chi connectivity index (χ4v) is 4.32. The van der Waals surface area contributed by atoms with E-state index < -0.39 is 10.0 Å². The maximum Gasteiger partial charge on any atom is 0.240 e. The van der Waals surface area contributed by atoms with Gasteiger partial charge < -0.3 is 15.4 Å². The molecule has 1 aliphatic heterocycles. The van der Waals surface area contributed by atoms with Crippen molar-refractivity contribution in [1.29, 1.82) is 0 Å². The predicted molar refractivity (Wildman–Crippen MR) is 135 cm³/mol. The van der Waals surface area contributed by atoms with Gasteiger partial charge in [0.1, 0.15) is 11.4 Å². The smallest absolute Gasteiger partial charge is 0.240 e. The van der Waals surface area contributed by atoms with Crippen LogP contribution >= 0.6 is 24.0 Å². The Kier molecular flexibility index (Phi) is 8.73. The van der Waals surface area contributed by atoms with Crippen molar-refractivity contribution in [2.24, 2.45) is 4.99 Å². The first-order valence-corrected chi connectivity index (χ1v) is 11.6. The van der Waals surface area contributed by atoms with Gasteiger partial charge in [-0.25, -0.2) is 18.1 Å². The fourth-order valence-electron chi connectivity index (χ4n) is 3.52. The van der Waals surface area contributed by atoms with Gasteiger partial charge in [0.2, 0.25) is 10.0 Å². The zero-order chi connectivity index (χ0) is 21.8. The van der Waals surface area contributed by atoms with E-state index in [1.54, 1.807) is 18.2 Å². The largest absolute Gasteiger partial charge is 0.487 e. The Bertz CT molecular complexity index is 1020. The summed E-state index contributed by atoms with van der Waals surface area (Å²) in [7, 11) is -2.08. The molecule has 0 aromatic heterocycles. The number of hydrogen-bond acceptors (Lipinski definition) is 4. The Labute approximate surface area is 202 Å². The average Bonchev–Trinajstić information content (AvgIpc) is 2.71. The molecule has 3 rings (SSSR count). The summed E-state index contributed by atoms with van der Waals surface area (Å²) in [4.78, 5) is 4.92. The van der Waals surface area contributed by atoms with Crippen molar-refractivity contribution < 1.29 is 13.2 Å². The SMILES string of the molecule is CCNC(=NCc1cccc(S(=O)(=O)NC)c1)NC1CC(C)(C)Oc2ccccc21.I. The van der Waals surface area contributed by atoms with Crippen molar-refractivity contribution in [3.63, 3.8) is 0 Å². The highest BCUT2D eigenvalue weighted by molar-refractivity contribution is 14.0. The number of benzene rings is 2. The standard InChI is InChI=1S/C22H30N4O3S.HI/c1-5-24-21(25-15-16-9-8-10-17(13-16)30(27,28)23-4)26-19-14-22(2,3)29-20-12-7-6-11-18(19)20;/h6-13,19,23H,5,14-15H2,1-4H3,(H2,24,25,26);1H. The second-order valence-corrected chi connectivity index (χ2v) is 9.74. The van der Waals surface area contributed by atoms with E-state index in [-0.39, 0.29) is 40.5 Å². The van der Waals surface area contributed by atoms with Crippen LogP contribution in [-0.2, 0) is 16.6 Å². The second kappa shape index (κ2) is 10.6. The van der Waals surface area contributed by atoms with Crippen LogP contribution in [0, 0.1) is 0 Å². The molecule has 3 N–H and O–H groups in total. The predicted octanol–water partition coefficient (Wildman–Crippen LogP) is 3.57. The van der Waals surface area contributed by atoms with E-state index in [1.165, 1.54) is 7.05 Å². The van der Waals surface area contributed by atoms with Crippen LogP contribution in [0.5, 0.6) is 5.75 Å². The molecule has 9 heteroatoms. The first-order chi connectivity index (χ1) is 14.2. The molecule has 0 radical (unpaired) electrons. The van der Waals surface area contributed by atoms with Crippen LogP contribution in [0.15, 0.2) is 58.4 Å². The van der Waals surface area contributed by atoms with Crippen LogP contribution in [-0.4, -0.2) is 33.6 Å². The van der Waals surface area contributed by atoms with Gasteiger partial charge in [-0.15, -0.1) is 24.0 Å². The van der Waals surface area contributed by atoms with E-state index in [1.807, 2.05) is 31.2 Å². The molecule has 1 heterocycles. The Hall–Kier alpha value is -1.85. The lowest BCUT2D eigenvalue weighted by Gasteiger charge is -2.38. The van der Waals surface area contributed by atoms with Gasteiger partial charge in [0, 0.05) is 18.5 Å². The molecule has 0 spiro atoms. The van der Waals surface area contributed by atoms with Crippen molar-refractivity contribution in [1.82, 2.24) is 15.4 Å². The molecule has 2 aromatic carbocycles. The molecule has 0 fully saturated rings. The number of halogens is 1. The molecule has 0 saturated heterocycles. The van der Waals surface area contributed by atoms with E-state index in [2.05, 4.69) is 40.3 Å². The van der Waals surface area contributed by atoms with E-state index in [9.17, 15) is 8.42 Å². The monoisotopic (exact) mass is 558 g/mol. The Morgan fingerprint density at radius 1 is 1.19 bits per heavy atom. The van der Waals surface area contributed by atoms with Gasteiger partial charge in [0.05, 0.1) is 17.5 Å². The molecule has 0 aliphatic carbocycles. The molecule has 2 aromatic rings. The minimum atomic E-state index is -3.48. The van der Waals surface area contributed by atoms with Crippen LogP contribution in [0.1, 0.15) is 44.4 Å². The summed E-state index contributed by atoms with van der Waals surface area (Å²) < 4.78 is 32.6. The average molecular weight is 558 g/mol. The number of para-hydroxylation sites is 1. The third kappa shape index (κ3) is 6.56. The van der Waals surface area contributed by atoms with Crippen LogP contribution in [0.4, 0.5) is 0 Å². The number of fused-ring (bicyclic) bond motifs is 1. The van der Waals surface area contributed by atoms with Crippen LogP contribution in [0.3, 0.4) is 0 Å². The summed E-state index contributed by atoms with van der Waals surface area (Å²) in [6.07, 6.45) is 0.796. The van der Waals surface area contributed by atoms with Gasteiger partial charge in [0.15, 0.2) is 5.96 Å². The lowest BCUT2D eigenvalue weighted by Crippen LogP contribution is -2.45. The minimum absolute atomic E-state index is 0. The molecule has 0 bridgehead atoms. The zero-order valence-electron chi connectivity index (χ0n) is 18.3. The van der Waals surface area contributed by atoms with Crippen molar-refractivity contribution in [2.45, 2.75) is 50.3 Å². The number of hydrogen-bond donors (Lipinski definition) is 3. The maximum absolute atomic E-state index is 12.1. The Morgan fingerprint density at radius 2 is 1.94 bits per heavy atom. The highest BCUT2D eigenvalue weighted by atomic mass is 127. The molecule has 1 aliphatic rings. The highest BCUT2D eigenvalue weighted by Gasteiger charge is 2.33. The fraction of sp³-hybridized carbons (Fsp3) is 0.409. The summed E-state index contributed by atoms with van der Waals surface area (Å²) >= 11 is 0. The van der Waals surface area contributed by atoms with Gasteiger partial charge in [0.25, 0.3) is 0 Å². The van der Waals surface area contributed by atoms with Crippen molar-refractivity contribution in [3.8, 4) is 5.75 Å². The molecule has 170 valence electrons. The van der Waals surface area contributed by atoms with Crippen molar-refractivity contribution in [2.75, 3.05) is 13.6 Å². The number of ether oxygens (including phenoxy) is 1. The van der Waals surface area contributed by atoms with Crippen molar-refractivity contribution in [3.05, 3.63) is 59.7 Å². The third-order valence-electron chi connectivity index (χ3n) is 4.93. The molecular weight excluding hydrogens is 527 g/mol. The molecule has 0 saturated carbocycles. The van der Waals surface area contributed by atoms with Gasteiger partial charge in [-0.1, -0.05) is 30.3 Å². The maximum atomic E-state index is 12.1. The second-order valence-electron chi connectivity index (χ2n) is 7.85. The number of nitrogens with one attached hydrogen (secondary N) is 3. The molecule has 7 nitrogen and oxygen atoms in total. The normalized spacial score (nSPS) is 17.7. The van der Waals surface area contributed by atoms with Gasteiger partial charge >= 0.3 is 0 Å². The number of rotatable bonds is 6. The minimum Gasteiger partial charge on any atom is -0.487 e. The zero-order valence-corrected chi connectivity index (χ0v) is 21.5. The van der Waals surface area contributed by atoms with Crippen molar-refractivity contribution >= 4 is 40.0 Å². The topological polar surface area (TPSA) is 91.8 Å². The van der Waals surface area contributed by atoms with E-state index in [0.29, 0.717) is 19.0 Å². The van der Waals surface area contributed by atoms with E-state index in [4.69, 9.17) is 4.74 Å². The summed E-state index contributed by atoms with van der Waals surface area (Å²) in [5.74, 6) is 1.56. The van der Waals surface area contributed by atoms with Crippen LogP contribution in [0.2, 0.25) is 0 Å². The summed E-state index contributed by atoms with van der Waals surface area (Å²) in [5, 5.41) is 6.81. The molecule has 1 unspecified atom stereocenters. The van der Waals surface area contributed by atoms with Gasteiger partial charge in [-0.3, -0.25) is 0 Å². The van der Waals surface area contributed by atoms with E-state index in [0.717, 1.165) is 23.3 Å². The Morgan fingerprint density at radius 3 is 2.65 bits per heavy atom. The lowest BCUT2D eigenvalue weighted by molar-refractivity contribution is 0.0694. The molecule has 1 atom stereocenters. The summed E-state index contributed by atoms with van der Waals surface area (Å²) in [6.45, 7) is 7.24. The van der Waals surface area contributed by atoms with E-state index >= 15 is 0 Å². The van der Waals surface area contributed by atoms with Crippen LogP contribution < -0.4 is 20.1 Å². The number of aliphatic imine (C=N–C) groups is 1. The molecule has 31 heavy (non-hydrogen) atoms. The summed E-state index contributed by atoms with van der Waals surface area (Å²) in [6, 6.07) is 14.9. The molecular formula is C22H31IN4O3S.